The molecule has 1 unspecified atom stereocenters. The van der Waals surface area contributed by atoms with E-state index in [0.717, 1.165) is 26.2 Å². The van der Waals surface area contributed by atoms with Gasteiger partial charge in [-0.2, -0.15) is 0 Å². The minimum atomic E-state index is -0.975. The Labute approximate surface area is 124 Å². The number of carbonyl (C=O) groups is 1. The Morgan fingerprint density at radius 1 is 1.52 bits per heavy atom. The highest BCUT2D eigenvalue weighted by molar-refractivity contribution is 5.90. The van der Waals surface area contributed by atoms with Gasteiger partial charge in [0.2, 0.25) is 0 Å². The number of hydrogen-bond donors (Lipinski definition) is 2. The highest BCUT2D eigenvalue weighted by Gasteiger charge is 2.16. The number of hydrogen-bond acceptors (Lipinski definition) is 5. The zero-order valence-corrected chi connectivity index (χ0v) is 12.2. The van der Waals surface area contributed by atoms with Crippen molar-refractivity contribution >= 4 is 5.97 Å². The first kappa shape index (κ1) is 15.8. The van der Waals surface area contributed by atoms with Crippen molar-refractivity contribution in [1.82, 2.24) is 10.2 Å². The molecule has 1 fully saturated rings. The Bertz CT molecular complexity index is 467. The summed E-state index contributed by atoms with van der Waals surface area (Å²) in [4.78, 5) is 13.3. The van der Waals surface area contributed by atoms with Gasteiger partial charge >= 0.3 is 5.97 Å². The second-order valence-corrected chi connectivity index (χ2v) is 5.11. The molecule has 6 nitrogen and oxygen atoms in total. The molecule has 1 saturated heterocycles. The molecule has 116 valence electrons. The van der Waals surface area contributed by atoms with Crippen LogP contribution in [0.4, 0.5) is 0 Å². The molecule has 1 aliphatic rings. The van der Waals surface area contributed by atoms with Crippen LogP contribution < -0.4 is 10.1 Å². The lowest BCUT2D eigenvalue weighted by Crippen LogP contribution is -2.45. The van der Waals surface area contributed by atoms with Crippen LogP contribution in [0.1, 0.15) is 10.4 Å². The molecular weight excluding hydrogens is 272 g/mol. The first-order chi connectivity index (χ1) is 10.2. The number of morpholine rings is 1. The second-order valence-electron chi connectivity index (χ2n) is 5.11. The van der Waals surface area contributed by atoms with E-state index in [1.807, 2.05) is 0 Å². The molecular formula is C15H22N2O4. The molecule has 21 heavy (non-hydrogen) atoms. The van der Waals surface area contributed by atoms with Crippen LogP contribution >= 0.6 is 0 Å². The average Bonchev–Trinajstić information content (AvgIpc) is 2.47. The molecule has 0 spiro atoms. The van der Waals surface area contributed by atoms with E-state index in [-0.39, 0.29) is 11.7 Å². The number of nitrogens with one attached hydrogen (secondary N) is 1. The number of ether oxygens (including phenoxy) is 2. The highest BCUT2D eigenvalue weighted by Crippen LogP contribution is 2.17. The SMILES string of the molecule is CN1CCOC(CNCCOc2ccccc2C(=O)O)C1. The van der Waals surface area contributed by atoms with Crippen molar-refractivity contribution in [3.05, 3.63) is 29.8 Å². The summed E-state index contributed by atoms with van der Waals surface area (Å²) in [6.07, 6.45) is 0.204. The minimum Gasteiger partial charge on any atom is -0.491 e. The smallest absolute Gasteiger partial charge is 0.339 e. The van der Waals surface area contributed by atoms with Gasteiger partial charge in [-0.05, 0) is 19.2 Å². The van der Waals surface area contributed by atoms with Crippen molar-refractivity contribution in [1.29, 1.82) is 0 Å². The quantitative estimate of drug-likeness (QED) is 0.721. The van der Waals surface area contributed by atoms with Crippen molar-refractivity contribution in [2.75, 3.05) is 46.4 Å². The first-order valence-electron chi connectivity index (χ1n) is 7.13. The predicted octanol–water partition coefficient (Wildman–Crippen LogP) is 0.684. The summed E-state index contributed by atoms with van der Waals surface area (Å²) in [5, 5.41) is 12.3. The summed E-state index contributed by atoms with van der Waals surface area (Å²) in [6, 6.07) is 6.66. The Balaban J connectivity index is 1.67. The number of carboxylic acid groups (broad SMARTS) is 1. The third-order valence-corrected chi connectivity index (χ3v) is 3.37. The van der Waals surface area contributed by atoms with Crippen molar-refractivity contribution in [2.24, 2.45) is 0 Å². The van der Waals surface area contributed by atoms with Gasteiger partial charge < -0.3 is 24.8 Å². The lowest BCUT2D eigenvalue weighted by molar-refractivity contribution is -0.0182. The number of carboxylic acids is 1. The molecule has 0 bridgehead atoms. The molecule has 1 aromatic rings. The number of nitrogens with zero attached hydrogens (tertiary/aromatic N) is 1. The van der Waals surface area contributed by atoms with E-state index in [0.29, 0.717) is 18.9 Å². The maximum Gasteiger partial charge on any atom is 0.339 e. The van der Waals surface area contributed by atoms with Gasteiger partial charge in [-0.3, -0.25) is 0 Å². The van der Waals surface area contributed by atoms with Crippen molar-refractivity contribution in [3.8, 4) is 5.75 Å². The van der Waals surface area contributed by atoms with Crippen LogP contribution in [0.3, 0.4) is 0 Å². The maximum absolute atomic E-state index is 11.0. The van der Waals surface area contributed by atoms with Crippen LogP contribution in [-0.2, 0) is 4.74 Å². The predicted molar refractivity (Wildman–Crippen MR) is 79.0 cm³/mol. The molecule has 2 N–H and O–H groups in total. The Morgan fingerprint density at radius 3 is 3.10 bits per heavy atom. The molecule has 0 aliphatic carbocycles. The highest BCUT2D eigenvalue weighted by atomic mass is 16.5. The third-order valence-electron chi connectivity index (χ3n) is 3.37. The standard InChI is InChI=1S/C15H22N2O4/c1-17-7-9-20-12(11-17)10-16-6-8-21-14-5-3-2-4-13(14)15(18)19/h2-5,12,16H,6-11H2,1H3,(H,18,19). The molecule has 6 heteroatoms. The fourth-order valence-electron chi connectivity index (χ4n) is 2.26. The van der Waals surface area contributed by atoms with Gasteiger partial charge in [0.25, 0.3) is 0 Å². The van der Waals surface area contributed by atoms with Gasteiger partial charge in [0.05, 0.1) is 12.7 Å². The van der Waals surface area contributed by atoms with Gasteiger partial charge in [-0.15, -0.1) is 0 Å². The first-order valence-corrected chi connectivity index (χ1v) is 7.13. The Kier molecular flexibility index (Phi) is 5.98. The van der Waals surface area contributed by atoms with E-state index in [4.69, 9.17) is 14.6 Å². The van der Waals surface area contributed by atoms with Crippen molar-refractivity contribution < 1.29 is 19.4 Å². The normalized spacial score (nSPS) is 19.4. The summed E-state index contributed by atoms with van der Waals surface area (Å²) in [5.74, 6) is -0.572. The molecule has 1 heterocycles. The number of rotatable bonds is 7. The molecule has 1 atom stereocenters. The number of likely N-dealkylation sites (N-methyl/N-ethyl adjacent to an activating group) is 1. The van der Waals surface area contributed by atoms with Crippen LogP contribution in [0.2, 0.25) is 0 Å². The number of para-hydroxylation sites is 1. The zero-order valence-electron chi connectivity index (χ0n) is 12.2. The zero-order chi connectivity index (χ0) is 15.1. The molecule has 1 aromatic carbocycles. The van der Waals surface area contributed by atoms with Gasteiger partial charge in [0, 0.05) is 26.2 Å². The summed E-state index contributed by atoms with van der Waals surface area (Å²) in [6.45, 7) is 4.52. The monoisotopic (exact) mass is 294 g/mol. The Morgan fingerprint density at radius 2 is 2.33 bits per heavy atom. The second kappa shape index (κ2) is 7.97. The third kappa shape index (κ3) is 5.00. The van der Waals surface area contributed by atoms with E-state index in [1.165, 1.54) is 6.07 Å². The summed E-state index contributed by atoms with van der Waals surface area (Å²) in [5.41, 5.74) is 0.190. The van der Waals surface area contributed by atoms with Crippen LogP contribution in [0.15, 0.2) is 24.3 Å². The van der Waals surface area contributed by atoms with E-state index in [2.05, 4.69) is 17.3 Å². The lowest BCUT2D eigenvalue weighted by atomic mass is 10.2. The molecule has 0 amide bonds. The van der Waals surface area contributed by atoms with Crippen LogP contribution in [0.5, 0.6) is 5.75 Å². The largest absolute Gasteiger partial charge is 0.491 e. The molecule has 0 radical (unpaired) electrons. The maximum atomic E-state index is 11.0. The van der Waals surface area contributed by atoms with E-state index in [9.17, 15) is 4.79 Å². The van der Waals surface area contributed by atoms with Crippen LogP contribution in [-0.4, -0.2) is 68.5 Å². The fourth-order valence-corrected chi connectivity index (χ4v) is 2.26. The van der Waals surface area contributed by atoms with Crippen LogP contribution in [0, 0.1) is 0 Å². The minimum absolute atomic E-state index is 0.190. The van der Waals surface area contributed by atoms with E-state index in [1.54, 1.807) is 18.2 Å². The fraction of sp³-hybridized carbons (Fsp3) is 0.533. The van der Waals surface area contributed by atoms with Gasteiger partial charge in [0.1, 0.15) is 17.9 Å². The molecule has 0 aromatic heterocycles. The number of aromatic carboxylic acids is 1. The van der Waals surface area contributed by atoms with Gasteiger partial charge in [-0.25, -0.2) is 4.79 Å². The van der Waals surface area contributed by atoms with E-state index < -0.39 is 5.97 Å². The van der Waals surface area contributed by atoms with Gasteiger partial charge in [-0.1, -0.05) is 12.1 Å². The van der Waals surface area contributed by atoms with Gasteiger partial charge in [0.15, 0.2) is 0 Å². The molecule has 1 aliphatic heterocycles. The molecule has 0 saturated carbocycles. The van der Waals surface area contributed by atoms with Crippen molar-refractivity contribution in [3.63, 3.8) is 0 Å². The lowest BCUT2D eigenvalue weighted by Gasteiger charge is -2.30. The summed E-state index contributed by atoms with van der Waals surface area (Å²) in [7, 11) is 2.08. The van der Waals surface area contributed by atoms with Crippen LogP contribution in [0.25, 0.3) is 0 Å². The summed E-state index contributed by atoms with van der Waals surface area (Å²) < 4.78 is 11.2. The topological polar surface area (TPSA) is 71.0 Å². The van der Waals surface area contributed by atoms with E-state index >= 15 is 0 Å². The Hall–Kier alpha value is -1.63. The van der Waals surface area contributed by atoms with Crippen molar-refractivity contribution in [2.45, 2.75) is 6.10 Å². The number of benzene rings is 1. The molecule has 2 rings (SSSR count). The average molecular weight is 294 g/mol. The summed E-state index contributed by atoms with van der Waals surface area (Å²) >= 11 is 0.